The van der Waals surface area contributed by atoms with Crippen molar-refractivity contribution < 1.29 is 40.8 Å². The van der Waals surface area contributed by atoms with Crippen LogP contribution in [-0.2, 0) is 38.2 Å². The van der Waals surface area contributed by atoms with Crippen LogP contribution in [0.15, 0.2) is 42.5 Å². The fraction of sp³-hybridized carbons (Fsp3) is 0.500. The zero-order valence-corrected chi connectivity index (χ0v) is 30.2. The van der Waals surface area contributed by atoms with Gasteiger partial charge in [-0.1, -0.05) is 49.1 Å². The second kappa shape index (κ2) is 19.2. The molecule has 5 rings (SSSR count). The van der Waals surface area contributed by atoms with E-state index in [-0.39, 0.29) is 56.0 Å². The predicted octanol–water partition coefficient (Wildman–Crippen LogP) is 5.92. The van der Waals surface area contributed by atoms with Gasteiger partial charge < -0.3 is 31.8 Å². The maximum Gasteiger partial charge on any atom is 0.229 e. The third-order valence-electron chi connectivity index (χ3n) is 8.25. The second-order valence-electron chi connectivity index (χ2n) is 11.5. The van der Waals surface area contributed by atoms with Crippen LogP contribution in [0.3, 0.4) is 0 Å². The van der Waals surface area contributed by atoms with Gasteiger partial charge in [0.2, 0.25) is 23.8 Å². The molecule has 2 saturated carbocycles. The van der Waals surface area contributed by atoms with Crippen molar-refractivity contribution in [2.24, 2.45) is 5.92 Å². The smallest absolute Gasteiger partial charge is 0.229 e. The summed E-state index contributed by atoms with van der Waals surface area (Å²) in [6, 6.07) is 12.1. The Morgan fingerprint density at radius 1 is 0.891 bits per heavy atom. The zero-order chi connectivity index (χ0) is 30.7. The summed E-state index contributed by atoms with van der Waals surface area (Å²) in [4.78, 5) is 26.8. The average molecular weight is 844 g/mol. The van der Waals surface area contributed by atoms with Crippen LogP contribution >= 0.6 is 23.4 Å². The van der Waals surface area contributed by atoms with Crippen LogP contribution in [0, 0.1) is 11.7 Å². The van der Waals surface area contributed by atoms with Crippen molar-refractivity contribution in [3.05, 3.63) is 64.4 Å². The standard InChI is InChI=1S/C32H41ClFN7O2S.H2O.W/c33-27-7-4-8-28(34)26(27)20-44-18-17-35-30-39-31(37-23-5-2-1-3-6-23)41-32(40-30)38-24-13-11-22(12-14-24)29(43)36-19-21-9-15-25(42)16-10-21;;/h4,7-10,15-16,22-24,42H,1-3,5-6,11-14,17-20H2,(H,36,43)(H3,35,37,38,39,40,41);1H2;. The largest absolute Gasteiger partial charge is 0.508 e. The molecule has 1 amide bonds. The van der Waals surface area contributed by atoms with Crippen molar-refractivity contribution in [1.29, 1.82) is 0 Å². The number of hydrogen-bond donors (Lipinski definition) is 5. The summed E-state index contributed by atoms with van der Waals surface area (Å²) in [5.41, 5.74) is 1.48. The van der Waals surface area contributed by atoms with Gasteiger partial charge in [-0.25, -0.2) is 4.39 Å². The number of thioether (sulfide) groups is 1. The Morgan fingerprint density at radius 2 is 1.52 bits per heavy atom. The molecule has 0 radical (unpaired) electrons. The molecule has 0 atom stereocenters. The van der Waals surface area contributed by atoms with Gasteiger partial charge in [0.05, 0.1) is 0 Å². The molecule has 0 unspecified atom stereocenters. The number of anilines is 3. The number of halogens is 2. The van der Waals surface area contributed by atoms with E-state index in [0.29, 0.717) is 53.3 Å². The number of aromatic hydroxyl groups is 1. The fourth-order valence-electron chi connectivity index (χ4n) is 5.72. The monoisotopic (exact) mass is 843 g/mol. The fourth-order valence-corrected chi connectivity index (χ4v) is 6.92. The van der Waals surface area contributed by atoms with E-state index in [1.165, 1.54) is 25.3 Å². The molecule has 46 heavy (non-hydrogen) atoms. The van der Waals surface area contributed by atoms with Crippen LogP contribution in [-0.4, -0.2) is 55.8 Å². The molecule has 2 aromatic carbocycles. The van der Waals surface area contributed by atoms with Gasteiger partial charge in [0.25, 0.3) is 0 Å². The first-order valence-electron chi connectivity index (χ1n) is 15.5. The zero-order valence-electron chi connectivity index (χ0n) is 25.7. The third kappa shape index (κ3) is 11.5. The normalized spacial score (nSPS) is 18.0. The summed E-state index contributed by atoms with van der Waals surface area (Å²) in [5, 5.41) is 23.3. The summed E-state index contributed by atoms with van der Waals surface area (Å²) in [7, 11) is 0. The number of hydrogen-bond acceptors (Lipinski definition) is 9. The van der Waals surface area contributed by atoms with Gasteiger partial charge in [-0.2, -0.15) is 26.7 Å². The van der Waals surface area contributed by atoms with Gasteiger partial charge in [-0.05, 0) is 68.4 Å². The number of carbonyl (C=O) groups is 1. The molecular formula is C32H43ClFN7O3SW. The van der Waals surface area contributed by atoms with E-state index >= 15 is 0 Å². The molecule has 3 aromatic rings. The number of phenols is 1. The SMILES string of the molecule is O.O=C(NCc1ccc(O)cc1)C1CCC(Nc2nc(NCCSCc3c(F)cccc3Cl)nc(NC3CCCCC3)n2)CC1.[W]. The Hall–Kier alpha value is -2.66. The molecule has 2 aliphatic carbocycles. The Balaban J connectivity index is 0.00000288. The van der Waals surface area contributed by atoms with Crippen LogP contribution in [0.4, 0.5) is 22.2 Å². The summed E-state index contributed by atoms with van der Waals surface area (Å²) in [6.45, 7) is 1.05. The summed E-state index contributed by atoms with van der Waals surface area (Å²) in [6.07, 6.45) is 9.12. The minimum Gasteiger partial charge on any atom is -0.508 e. The van der Waals surface area contributed by atoms with Crippen molar-refractivity contribution >= 4 is 47.1 Å². The molecule has 2 aliphatic rings. The van der Waals surface area contributed by atoms with E-state index < -0.39 is 0 Å². The third-order valence-corrected chi connectivity index (χ3v) is 9.59. The van der Waals surface area contributed by atoms with Gasteiger partial charge in [-0.15, -0.1) is 0 Å². The molecule has 0 aliphatic heterocycles. The maximum atomic E-state index is 14.1. The molecule has 1 aromatic heterocycles. The topological polar surface area (TPSA) is 156 Å². The number of amides is 1. The Morgan fingerprint density at radius 3 is 2.17 bits per heavy atom. The minimum atomic E-state index is -0.284. The van der Waals surface area contributed by atoms with Crippen LogP contribution in [0.1, 0.15) is 68.9 Å². The minimum absolute atomic E-state index is 0. The molecule has 1 heterocycles. The van der Waals surface area contributed by atoms with Crippen molar-refractivity contribution in [1.82, 2.24) is 20.3 Å². The van der Waals surface area contributed by atoms with Crippen LogP contribution < -0.4 is 21.3 Å². The molecule has 0 bridgehead atoms. The van der Waals surface area contributed by atoms with Gasteiger partial charge >= 0.3 is 0 Å². The van der Waals surface area contributed by atoms with Crippen molar-refractivity contribution in [2.75, 3.05) is 28.2 Å². The van der Waals surface area contributed by atoms with Crippen molar-refractivity contribution in [2.45, 2.75) is 82.2 Å². The molecule has 250 valence electrons. The number of aromatic nitrogens is 3. The van der Waals surface area contributed by atoms with E-state index in [4.69, 9.17) is 16.6 Å². The van der Waals surface area contributed by atoms with E-state index in [9.17, 15) is 14.3 Å². The summed E-state index contributed by atoms with van der Waals surface area (Å²) >= 11 is 7.75. The number of phenolic OH excluding ortho intramolecular Hbond substituents is 1. The maximum absolute atomic E-state index is 14.1. The molecule has 0 spiro atoms. The van der Waals surface area contributed by atoms with Crippen LogP contribution in [0.25, 0.3) is 0 Å². The molecule has 14 heteroatoms. The quantitative estimate of drug-likeness (QED) is 0.132. The number of carbonyl (C=O) groups excluding carboxylic acids is 1. The first-order chi connectivity index (χ1) is 21.4. The Bertz CT molecular complexity index is 1360. The molecule has 2 fully saturated rings. The van der Waals surface area contributed by atoms with Gasteiger partial charge in [0.1, 0.15) is 11.6 Å². The van der Waals surface area contributed by atoms with E-state index in [1.807, 2.05) is 12.1 Å². The van der Waals surface area contributed by atoms with E-state index in [1.54, 1.807) is 36.0 Å². The number of nitrogens with one attached hydrogen (secondary N) is 4. The number of rotatable bonds is 13. The van der Waals surface area contributed by atoms with Gasteiger partial charge in [-0.3, -0.25) is 4.79 Å². The van der Waals surface area contributed by atoms with Crippen LogP contribution in [0.2, 0.25) is 5.02 Å². The summed E-state index contributed by atoms with van der Waals surface area (Å²) < 4.78 is 14.1. The Labute approximate surface area is 293 Å². The summed E-state index contributed by atoms with van der Waals surface area (Å²) in [5.74, 6) is 2.76. The first-order valence-corrected chi connectivity index (χ1v) is 17.1. The molecular weight excluding hydrogens is 801 g/mol. The second-order valence-corrected chi connectivity index (χ2v) is 13.1. The number of benzene rings is 2. The molecule has 7 N–H and O–H groups in total. The van der Waals surface area contributed by atoms with Crippen molar-refractivity contribution in [3.8, 4) is 5.75 Å². The predicted molar refractivity (Wildman–Crippen MR) is 179 cm³/mol. The van der Waals surface area contributed by atoms with Gasteiger partial charge in [0, 0.05) is 74.2 Å². The number of nitrogens with zero attached hydrogens (tertiary/aromatic N) is 3. The van der Waals surface area contributed by atoms with Crippen LogP contribution in [0.5, 0.6) is 5.75 Å². The van der Waals surface area contributed by atoms with E-state index in [2.05, 4.69) is 31.2 Å². The van der Waals surface area contributed by atoms with Crippen molar-refractivity contribution in [3.63, 3.8) is 0 Å². The Kier molecular flexibility index (Phi) is 15.8. The average Bonchev–Trinajstić information content (AvgIpc) is 3.02. The van der Waals surface area contributed by atoms with Gasteiger partial charge in [0.15, 0.2) is 0 Å². The molecule has 0 saturated heterocycles. The van der Waals surface area contributed by atoms with E-state index in [0.717, 1.165) is 49.8 Å². The first kappa shape index (κ1) is 37.8. The molecule has 10 nitrogen and oxygen atoms in total.